The van der Waals surface area contributed by atoms with Crippen LogP contribution in [0, 0.1) is 5.92 Å². The van der Waals surface area contributed by atoms with Gasteiger partial charge in [0.15, 0.2) is 0 Å². The van der Waals surface area contributed by atoms with E-state index in [0.29, 0.717) is 19.4 Å². The predicted molar refractivity (Wildman–Crippen MR) is 119 cm³/mol. The SMILES string of the molecule is CCOC(=O)[C@H](C)CC(Cc1ccc(-c2ccccc2)cc1)NC(=O)c1cc(=O)[nH][nH]1. The quantitative estimate of drug-likeness (QED) is 0.461. The lowest BCUT2D eigenvalue weighted by Crippen LogP contribution is -2.39. The molecule has 31 heavy (non-hydrogen) atoms. The first-order chi connectivity index (χ1) is 15.0. The molecule has 0 radical (unpaired) electrons. The molecule has 2 aromatic carbocycles. The van der Waals surface area contributed by atoms with Gasteiger partial charge in [-0.2, -0.15) is 0 Å². The smallest absolute Gasteiger partial charge is 0.308 e. The average molecular weight is 421 g/mol. The molecule has 0 aliphatic rings. The van der Waals surface area contributed by atoms with Crippen LogP contribution in [0.25, 0.3) is 11.1 Å². The minimum Gasteiger partial charge on any atom is -0.466 e. The van der Waals surface area contributed by atoms with E-state index in [-0.39, 0.29) is 29.2 Å². The molecular weight excluding hydrogens is 394 g/mol. The summed E-state index contributed by atoms with van der Waals surface area (Å²) in [6.07, 6.45) is 0.957. The third kappa shape index (κ3) is 6.18. The Labute approximate surface area is 180 Å². The van der Waals surface area contributed by atoms with Crippen molar-refractivity contribution >= 4 is 11.9 Å². The molecule has 0 bridgehead atoms. The summed E-state index contributed by atoms with van der Waals surface area (Å²) in [6, 6.07) is 19.1. The number of aromatic amines is 2. The van der Waals surface area contributed by atoms with E-state index in [9.17, 15) is 14.4 Å². The summed E-state index contributed by atoms with van der Waals surface area (Å²) >= 11 is 0. The Kier molecular flexibility index (Phi) is 7.43. The molecule has 1 aromatic heterocycles. The van der Waals surface area contributed by atoms with Crippen LogP contribution in [0.4, 0.5) is 0 Å². The van der Waals surface area contributed by atoms with Gasteiger partial charge in [-0.15, -0.1) is 0 Å². The van der Waals surface area contributed by atoms with Gasteiger partial charge in [0.05, 0.1) is 12.5 Å². The first-order valence-corrected chi connectivity index (χ1v) is 10.4. The van der Waals surface area contributed by atoms with Crippen molar-refractivity contribution in [3.05, 3.63) is 82.3 Å². The van der Waals surface area contributed by atoms with Gasteiger partial charge in [0.2, 0.25) is 0 Å². The van der Waals surface area contributed by atoms with Crippen LogP contribution in [-0.2, 0) is 16.0 Å². The van der Waals surface area contributed by atoms with Crippen LogP contribution in [0.15, 0.2) is 65.5 Å². The number of amides is 1. The summed E-state index contributed by atoms with van der Waals surface area (Å²) in [5.74, 6) is -1.07. The van der Waals surface area contributed by atoms with Crippen LogP contribution >= 0.6 is 0 Å². The van der Waals surface area contributed by atoms with Crippen LogP contribution in [-0.4, -0.2) is 34.7 Å². The Hall–Kier alpha value is -3.61. The second-order valence-electron chi connectivity index (χ2n) is 7.50. The number of ether oxygens (including phenoxy) is 1. The van der Waals surface area contributed by atoms with Crippen molar-refractivity contribution < 1.29 is 14.3 Å². The fraction of sp³-hybridized carbons (Fsp3) is 0.292. The van der Waals surface area contributed by atoms with Crippen molar-refractivity contribution in [1.29, 1.82) is 0 Å². The molecule has 0 aliphatic heterocycles. The largest absolute Gasteiger partial charge is 0.466 e. The molecule has 7 nitrogen and oxygen atoms in total. The van der Waals surface area contributed by atoms with Crippen LogP contribution in [0.2, 0.25) is 0 Å². The monoisotopic (exact) mass is 421 g/mol. The van der Waals surface area contributed by atoms with Crippen molar-refractivity contribution in [2.75, 3.05) is 6.61 Å². The van der Waals surface area contributed by atoms with E-state index in [1.54, 1.807) is 13.8 Å². The summed E-state index contributed by atoms with van der Waals surface area (Å²) in [6.45, 7) is 3.86. The van der Waals surface area contributed by atoms with Crippen molar-refractivity contribution in [1.82, 2.24) is 15.5 Å². The lowest BCUT2D eigenvalue weighted by molar-refractivity contribution is -0.147. The standard InChI is InChI=1S/C24H27N3O4/c1-3-31-24(30)16(2)13-20(25-23(29)21-15-22(28)27-26-21)14-17-9-11-19(12-10-17)18-7-5-4-6-8-18/h4-12,15-16,20H,3,13-14H2,1-2H3,(H,25,29)(H2,26,27,28)/t16-,20?/m1/s1. The molecule has 3 aromatic rings. The number of nitrogens with one attached hydrogen (secondary N) is 3. The van der Waals surface area contributed by atoms with Gasteiger partial charge in [0, 0.05) is 12.1 Å². The number of carbonyl (C=O) groups is 2. The third-order valence-electron chi connectivity index (χ3n) is 5.05. The van der Waals surface area contributed by atoms with E-state index in [1.165, 1.54) is 6.07 Å². The van der Waals surface area contributed by atoms with Gasteiger partial charge in [-0.3, -0.25) is 24.6 Å². The number of hydrogen-bond donors (Lipinski definition) is 3. The molecule has 0 saturated carbocycles. The molecule has 1 heterocycles. The molecule has 3 N–H and O–H groups in total. The van der Waals surface area contributed by atoms with Crippen molar-refractivity contribution in [2.45, 2.75) is 32.7 Å². The summed E-state index contributed by atoms with van der Waals surface area (Å²) < 4.78 is 5.11. The van der Waals surface area contributed by atoms with Gasteiger partial charge in [-0.1, -0.05) is 61.5 Å². The van der Waals surface area contributed by atoms with Crippen LogP contribution in [0.5, 0.6) is 0 Å². The van der Waals surface area contributed by atoms with Gasteiger partial charge in [0.25, 0.3) is 11.5 Å². The average Bonchev–Trinajstić information content (AvgIpc) is 3.21. The molecular formula is C24H27N3O4. The number of benzene rings is 2. The summed E-state index contributed by atoms with van der Waals surface area (Å²) in [5.41, 5.74) is 3.04. The third-order valence-corrected chi connectivity index (χ3v) is 5.05. The second-order valence-corrected chi connectivity index (χ2v) is 7.50. The number of aromatic nitrogens is 2. The summed E-state index contributed by atoms with van der Waals surface area (Å²) in [5, 5.41) is 7.84. The topological polar surface area (TPSA) is 104 Å². The minimum absolute atomic E-state index is 0.151. The molecule has 162 valence electrons. The van der Waals surface area contributed by atoms with E-state index in [1.807, 2.05) is 42.5 Å². The van der Waals surface area contributed by atoms with Crippen LogP contribution < -0.4 is 10.9 Å². The fourth-order valence-electron chi connectivity index (χ4n) is 3.47. The first kappa shape index (κ1) is 22.1. The molecule has 3 rings (SSSR count). The molecule has 2 atom stereocenters. The Morgan fingerprint density at radius 2 is 1.68 bits per heavy atom. The number of hydrogen-bond acceptors (Lipinski definition) is 4. The maximum atomic E-state index is 12.6. The van der Waals surface area contributed by atoms with Crippen molar-refractivity contribution in [3.8, 4) is 11.1 Å². The van der Waals surface area contributed by atoms with Crippen LogP contribution in [0.1, 0.15) is 36.3 Å². The molecule has 1 unspecified atom stereocenters. The Balaban J connectivity index is 1.74. The Bertz CT molecular complexity index is 1050. The van der Waals surface area contributed by atoms with Crippen molar-refractivity contribution in [2.24, 2.45) is 5.92 Å². The zero-order valence-corrected chi connectivity index (χ0v) is 17.7. The predicted octanol–water partition coefficient (Wildman–Crippen LogP) is 3.30. The number of rotatable bonds is 9. The highest BCUT2D eigenvalue weighted by molar-refractivity contribution is 5.92. The number of esters is 1. The van der Waals surface area contributed by atoms with E-state index >= 15 is 0 Å². The molecule has 0 saturated heterocycles. The van der Waals surface area contributed by atoms with Crippen molar-refractivity contribution in [3.63, 3.8) is 0 Å². The highest BCUT2D eigenvalue weighted by atomic mass is 16.5. The van der Waals surface area contributed by atoms with E-state index in [4.69, 9.17) is 4.74 Å². The lowest BCUT2D eigenvalue weighted by atomic mass is 9.94. The minimum atomic E-state index is -0.402. The highest BCUT2D eigenvalue weighted by Crippen LogP contribution is 2.21. The zero-order chi connectivity index (χ0) is 22.2. The van der Waals surface area contributed by atoms with Crippen LogP contribution in [0.3, 0.4) is 0 Å². The maximum Gasteiger partial charge on any atom is 0.308 e. The highest BCUT2D eigenvalue weighted by Gasteiger charge is 2.23. The molecule has 0 fully saturated rings. The summed E-state index contributed by atoms with van der Waals surface area (Å²) in [7, 11) is 0. The number of carbonyl (C=O) groups excluding carboxylic acids is 2. The van der Waals surface area contributed by atoms with Gasteiger partial charge >= 0.3 is 5.97 Å². The van der Waals surface area contributed by atoms with Gasteiger partial charge in [-0.25, -0.2) is 0 Å². The molecule has 0 spiro atoms. The lowest BCUT2D eigenvalue weighted by Gasteiger charge is -2.21. The fourth-order valence-corrected chi connectivity index (χ4v) is 3.47. The number of H-pyrrole nitrogens is 2. The van der Waals surface area contributed by atoms with E-state index < -0.39 is 5.91 Å². The van der Waals surface area contributed by atoms with Gasteiger partial charge < -0.3 is 10.1 Å². The van der Waals surface area contributed by atoms with E-state index in [0.717, 1.165) is 16.7 Å². The second kappa shape index (κ2) is 10.4. The van der Waals surface area contributed by atoms with Gasteiger partial charge in [0.1, 0.15) is 5.69 Å². The first-order valence-electron chi connectivity index (χ1n) is 10.4. The summed E-state index contributed by atoms with van der Waals surface area (Å²) in [4.78, 5) is 36.0. The zero-order valence-electron chi connectivity index (χ0n) is 17.7. The normalized spacial score (nSPS) is 12.7. The van der Waals surface area contributed by atoms with Gasteiger partial charge in [-0.05, 0) is 36.5 Å². The van der Waals surface area contributed by atoms with E-state index in [2.05, 4.69) is 27.6 Å². The maximum absolute atomic E-state index is 12.6. The molecule has 0 aliphatic carbocycles. The molecule has 1 amide bonds. The Morgan fingerprint density at radius 1 is 1.00 bits per heavy atom. The Morgan fingerprint density at radius 3 is 2.29 bits per heavy atom. The molecule has 7 heteroatoms.